The molecule has 0 aromatic rings. The summed E-state index contributed by atoms with van der Waals surface area (Å²) in [5, 5.41) is 9.79. The minimum absolute atomic E-state index is 0.178. The lowest BCUT2D eigenvalue weighted by Crippen LogP contribution is -2.40. The number of carbonyl (C=O) groups excluding carboxylic acids is 2. The number of carboxylic acid groups (broad SMARTS) is 1. The third-order valence-electron chi connectivity index (χ3n) is 19.6. The van der Waals surface area contributed by atoms with Crippen LogP contribution in [0, 0.1) is 0 Å². The van der Waals surface area contributed by atoms with Gasteiger partial charge in [-0.2, -0.15) is 0 Å². The molecule has 0 radical (unpaired) electrons. The molecule has 0 aliphatic heterocycles. The van der Waals surface area contributed by atoms with Crippen molar-refractivity contribution < 1.29 is 42.9 Å². The Morgan fingerprint density at radius 1 is 0.307 bits per heavy atom. The van der Waals surface area contributed by atoms with Crippen LogP contribution < -0.4 is 0 Å². The van der Waals surface area contributed by atoms with E-state index in [9.17, 15) is 19.5 Å². The Hall–Kier alpha value is -3.53. The fourth-order valence-electron chi connectivity index (χ4n) is 13.0. The fourth-order valence-corrected chi connectivity index (χ4v) is 13.0. The molecule has 0 fully saturated rings. The van der Waals surface area contributed by atoms with Gasteiger partial charge < -0.3 is 28.5 Å². The van der Waals surface area contributed by atoms with Crippen molar-refractivity contribution in [3.05, 3.63) is 85.1 Å². The molecule has 0 aromatic carbocycles. The van der Waals surface area contributed by atoms with Gasteiger partial charge in [0.2, 0.25) is 0 Å². The molecule has 0 saturated heterocycles. The number of quaternary nitrogens is 1. The van der Waals surface area contributed by atoms with Crippen LogP contribution in [-0.2, 0) is 33.3 Å². The van der Waals surface area contributed by atoms with E-state index in [1.807, 2.05) is 21.1 Å². The number of unbranched alkanes of at least 4 members (excludes halogenated alkanes) is 53. The maximum atomic E-state index is 13.0. The van der Waals surface area contributed by atoms with Crippen molar-refractivity contribution in [2.45, 2.75) is 437 Å². The molecule has 0 spiro atoms. The molecule has 2 unspecified atom stereocenters. The predicted molar refractivity (Wildman–Crippen MR) is 438 cm³/mol. The Bertz CT molecular complexity index is 1940. The Morgan fingerprint density at radius 2 is 0.564 bits per heavy atom. The number of hydrogen-bond donors (Lipinski definition) is 1. The lowest BCUT2D eigenvalue weighted by atomic mass is 10.0. The first-order chi connectivity index (χ1) is 49.6. The number of aliphatic carboxylic acids is 1. The van der Waals surface area contributed by atoms with E-state index in [1.54, 1.807) is 0 Å². The predicted octanol–water partition coefficient (Wildman–Crippen LogP) is 28.5. The van der Waals surface area contributed by atoms with Gasteiger partial charge in [-0.1, -0.05) is 407 Å². The largest absolute Gasteiger partial charge is 0.477 e. The number of esters is 2. The van der Waals surface area contributed by atoms with Crippen molar-refractivity contribution in [1.82, 2.24) is 0 Å². The van der Waals surface area contributed by atoms with Crippen LogP contribution in [0.25, 0.3) is 0 Å². The molecule has 1 N–H and O–H groups in total. The second-order valence-electron chi connectivity index (χ2n) is 30.8. The Morgan fingerprint density at radius 3 is 0.851 bits per heavy atom. The molecule has 0 heterocycles. The highest BCUT2D eigenvalue weighted by Crippen LogP contribution is 2.20. The quantitative estimate of drug-likeness (QED) is 0.0211. The molecule has 0 amide bonds. The van der Waals surface area contributed by atoms with Crippen LogP contribution in [0.1, 0.15) is 425 Å². The molecule has 9 heteroatoms. The van der Waals surface area contributed by atoms with Crippen LogP contribution in [0.4, 0.5) is 0 Å². The van der Waals surface area contributed by atoms with Gasteiger partial charge in [0.15, 0.2) is 6.10 Å². The highest BCUT2D eigenvalue weighted by molar-refractivity contribution is 5.71. The van der Waals surface area contributed by atoms with Crippen LogP contribution in [0.5, 0.6) is 0 Å². The second kappa shape index (κ2) is 82.1. The summed E-state index contributed by atoms with van der Waals surface area (Å²) in [4.78, 5) is 37.8. The van der Waals surface area contributed by atoms with Gasteiger partial charge in [-0.25, -0.2) is 4.79 Å². The van der Waals surface area contributed by atoms with Crippen molar-refractivity contribution >= 4 is 17.9 Å². The molecular weight excluding hydrogens is 1250 g/mol. The SMILES string of the molecule is CC/C=C\C/C=C\C/C=C\C/C=C\C/C=C\C/C=C\CCCCCCCCCCCCCCCCCCCCC(=O)OC(COC(=O)CCCCCCCCCCCCCCCCCCCCCCCCCCCCC/C=C\CCCCCCCCCC)COC(OCC[N+](C)(C)C)C(=O)O. The topological polar surface area (TPSA) is 108 Å². The normalized spacial score (nSPS) is 13.0. The first-order valence-electron chi connectivity index (χ1n) is 43.8. The number of allylic oxidation sites excluding steroid dienone is 14. The number of carbonyl (C=O) groups is 3. The molecule has 101 heavy (non-hydrogen) atoms. The highest BCUT2D eigenvalue weighted by atomic mass is 16.7. The number of rotatable bonds is 82. The summed E-state index contributed by atoms with van der Waals surface area (Å²) in [5.74, 6) is -1.98. The lowest BCUT2D eigenvalue weighted by Gasteiger charge is -2.25. The summed E-state index contributed by atoms with van der Waals surface area (Å²) < 4.78 is 23.1. The number of likely N-dealkylation sites (N-methyl/N-ethyl adjacent to an activating group) is 1. The van der Waals surface area contributed by atoms with Gasteiger partial charge in [-0.3, -0.25) is 9.59 Å². The Balaban J connectivity index is 3.93. The zero-order valence-corrected chi connectivity index (χ0v) is 67.6. The Labute approximate surface area is 627 Å². The van der Waals surface area contributed by atoms with Gasteiger partial charge in [0.1, 0.15) is 13.2 Å². The maximum Gasteiger partial charge on any atom is 0.361 e. The van der Waals surface area contributed by atoms with Gasteiger partial charge >= 0.3 is 17.9 Å². The zero-order valence-electron chi connectivity index (χ0n) is 67.6. The van der Waals surface area contributed by atoms with Gasteiger partial charge in [0, 0.05) is 12.8 Å². The summed E-state index contributed by atoms with van der Waals surface area (Å²) in [5.41, 5.74) is 0. The standard InChI is InChI=1S/C92H167NO8/c1-6-8-10-12-14-16-18-20-22-24-26-28-30-32-34-36-38-40-42-44-45-47-48-50-52-54-56-58-60-62-64-66-68-70-72-74-76-78-80-82-89(94)99-86-88(87-100-92(91(96)97)98-85-84-93(3,4)5)101-90(95)83-81-79-77-75-73-71-69-67-65-63-61-59-57-55-53-51-49-46-43-41-39-37-35-33-31-29-27-25-23-21-19-17-15-13-11-9-7-2/h9,11,15,17,21,23-24,26-27,29,33,35,39,41,88,92H,6-8,10,12-14,16,18-20,22,25,28,30-32,34,36-38,40,42-87H2,1-5H3/p+1/b11-9-,17-15-,23-21-,26-24-,29-27-,35-33-,41-39-. The van der Waals surface area contributed by atoms with Crippen LogP contribution in [0.3, 0.4) is 0 Å². The monoisotopic (exact) mass is 1420 g/mol. The van der Waals surface area contributed by atoms with Crippen molar-refractivity contribution in [2.75, 3.05) is 47.5 Å². The third kappa shape index (κ3) is 83.6. The zero-order chi connectivity index (χ0) is 73.2. The minimum atomic E-state index is -1.51. The molecule has 0 aliphatic rings. The number of nitrogens with zero attached hydrogens (tertiary/aromatic N) is 1. The van der Waals surface area contributed by atoms with E-state index in [4.69, 9.17) is 18.9 Å². The number of carboxylic acids is 1. The molecular formula is C92H168NO8+. The maximum absolute atomic E-state index is 13.0. The van der Waals surface area contributed by atoms with Crippen molar-refractivity contribution in [3.63, 3.8) is 0 Å². The van der Waals surface area contributed by atoms with Crippen LogP contribution in [0.15, 0.2) is 85.1 Å². The third-order valence-corrected chi connectivity index (χ3v) is 19.6. The molecule has 9 nitrogen and oxygen atoms in total. The van der Waals surface area contributed by atoms with Crippen LogP contribution in [0.2, 0.25) is 0 Å². The molecule has 0 rings (SSSR count). The van der Waals surface area contributed by atoms with E-state index < -0.39 is 18.4 Å². The average Bonchev–Trinajstić information content (AvgIpc) is 1.25. The smallest absolute Gasteiger partial charge is 0.361 e. The highest BCUT2D eigenvalue weighted by Gasteiger charge is 2.25. The van der Waals surface area contributed by atoms with E-state index in [0.717, 1.165) is 77.0 Å². The molecule has 0 aliphatic carbocycles. The molecule has 2 atom stereocenters. The average molecular weight is 1420 g/mol. The van der Waals surface area contributed by atoms with Crippen LogP contribution in [-0.4, -0.2) is 87.4 Å². The lowest BCUT2D eigenvalue weighted by molar-refractivity contribution is -0.870. The minimum Gasteiger partial charge on any atom is -0.477 e. The van der Waals surface area contributed by atoms with Gasteiger partial charge in [0.05, 0.1) is 34.4 Å². The molecule has 588 valence electrons. The van der Waals surface area contributed by atoms with Crippen molar-refractivity contribution in [2.24, 2.45) is 0 Å². The van der Waals surface area contributed by atoms with E-state index in [0.29, 0.717) is 17.4 Å². The van der Waals surface area contributed by atoms with Crippen molar-refractivity contribution in [3.8, 4) is 0 Å². The van der Waals surface area contributed by atoms with Gasteiger partial charge in [-0.15, -0.1) is 0 Å². The van der Waals surface area contributed by atoms with Gasteiger partial charge in [-0.05, 0) is 89.9 Å². The van der Waals surface area contributed by atoms with E-state index >= 15 is 0 Å². The number of ether oxygens (including phenoxy) is 4. The van der Waals surface area contributed by atoms with E-state index in [2.05, 4.69) is 98.9 Å². The summed E-state index contributed by atoms with van der Waals surface area (Å²) >= 11 is 0. The molecule has 0 saturated carbocycles. The first-order valence-corrected chi connectivity index (χ1v) is 43.8. The summed E-state index contributed by atoms with van der Waals surface area (Å²) in [7, 11) is 6.00. The number of hydrogen-bond acceptors (Lipinski definition) is 7. The fraction of sp³-hybridized carbons (Fsp3) is 0.815. The summed E-state index contributed by atoms with van der Waals surface area (Å²) in [6.07, 6.45) is 111. The summed E-state index contributed by atoms with van der Waals surface area (Å²) in [6.45, 7) is 4.83. The summed E-state index contributed by atoms with van der Waals surface area (Å²) in [6, 6.07) is 0. The van der Waals surface area contributed by atoms with E-state index in [1.165, 1.54) is 321 Å². The molecule has 0 bridgehead atoms. The van der Waals surface area contributed by atoms with Gasteiger partial charge in [0.25, 0.3) is 6.29 Å². The van der Waals surface area contributed by atoms with Crippen LogP contribution >= 0.6 is 0 Å². The van der Waals surface area contributed by atoms with E-state index in [-0.39, 0.29) is 38.2 Å². The van der Waals surface area contributed by atoms with Crippen molar-refractivity contribution in [1.29, 1.82) is 0 Å². The Kier molecular flexibility index (Phi) is 79.3. The second-order valence-corrected chi connectivity index (χ2v) is 30.8. The molecule has 0 aromatic heterocycles. The first kappa shape index (κ1) is 97.5.